The maximum Gasteiger partial charge on any atom is 0.253 e. The molecule has 0 aromatic heterocycles. The third-order valence-electron chi connectivity index (χ3n) is 4.91. The van der Waals surface area contributed by atoms with Crippen LogP contribution >= 0.6 is 0 Å². The molecule has 0 atom stereocenters. The quantitative estimate of drug-likeness (QED) is 0.771. The summed E-state index contributed by atoms with van der Waals surface area (Å²) in [6.45, 7) is 7.65. The maximum absolute atomic E-state index is 12.8. The molecule has 2 aromatic rings. The van der Waals surface area contributed by atoms with Crippen molar-refractivity contribution in [2.24, 2.45) is 0 Å². The highest BCUT2D eigenvalue weighted by Gasteiger charge is 2.30. The number of carbonyl (C=O) groups excluding carboxylic acids is 1. The van der Waals surface area contributed by atoms with Crippen molar-refractivity contribution in [3.63, 3.8) is 0 Å². The summed E-state index contributed by atoms with van der Waals surface area (Å²) in [7, 11) is -3.53. The van der Waals surface area contributed by atoms with Crippen molar-refractivity contribution in [2.45, 2.75) is 25.7 Å². The zero-order chi connectivity index (χ0) is 20.3. The van der Waals surface area contributed by atoms with Gasteiger partial charge in [-0.25, -0.2) is 8.42 Å². The summed E-state index contributed by atoms with van der Waals surface area (Å²) in [5.74, 6) is 0.687. The molecule has 150 valence electrons. The highest BCUT2D eigenvalue weighted by atomic mass is 32.2. The standard InChI is InChI=1S/C21H26N2O4S/c1-4-27-20-10-7-18(15-17(20)3)21(24)22-11-13-23(14-12-22)28(25,26)19-8-5-16(2)6-9-19/h5-10,15H,4,11-14H2,1-3H3. The second-order valence-corrected chi connectivity index (χ2v) is 8.86. The molecule has 6 nitrogen and oxygen atoms in total. The van der Waals surface area contributed by atoms with Gasteiger partial charge >= 0.3 is 0 Å². The maximum atomic E-state index is 12.8. The molecule has 0 bridgehead atoms. The number of carbonyl (C=O) groups is 1. The molecule has 0 saturated carbocycles. The fraction of sp³-hybridized carbons (Fsp3) is 0.381. The van der Waals surface area contributed by atoms with Crippen LogP contribution in [0.25, 0.3) is 0 Å². The van der Waals surface area contributed by atoms with Gasteiger partial charge in [0, 0.05) is 31.7 Å². The van der Waals surface area contributed by atoms with Gasteiger partial charge in [0.2, 0.25) is 10.0 Å². The van der Waals surface area contributed by atoms with E-state index in [9.17, 15) is 13.2 Å². The number of sulfonamides is 1. The van der Waals surface area contributed by atoms with Crippen LogP contribution in [0.1, 0.15) is 28.4 Å². The summed E-state index contributed by atoms with van der Waals surface area (Å²) in [6.07, 6.45) is 0. The Labute approximate surface area is 166 Å². The van der Waals surface area contributed by atoms with Gasteiger partial charge in [0.05, 0.1) is 11.5 Å². The molecule has 1 aliphatic heterocycles. The van der Waals surface area contributed by atoms with E-state index >= 15 is 0 Å². The summed E-state index contributed by atoms with van der Waals surface area (Å²) in [4.78, 5) is 14.8. The Kier molecular flexibility index (Phi) is 6.05. The molecule has 1 amide bonds. The van der Waals surface area contributed by atoms with E-state index in [0.717, 1.165) is 16.9 Å². The van der Waals surface area contributed by atoms with Crippen LogP contribution < -0.4 is 4.74 Å². The van der Waals surface area contributed by atoms with Crippen molar-refractivity contribution in [2.75, 3.05) is 32.8 Å². The van der Waals surface area contributed by atoms with Crippen molar-refractivity contribution in [1.29, 1.82) is 0 Å². The lowest BCUT2D eigenvalue weighted by Crippen LogP contribution is -2.50. The van der Waals surface area contributed by atoms with E-state index in [1.54, 1.807) is 35.2 Å². The summed E-state index contributed by atoms with van der Waals surface area (Å²) in [5, 5.41) is 0. The number of aryl methyl sites for hydroxylation is 2. The average Bonchev–Trinajstić information content (AvgIpc) is 2.69. The molecule has 0 radical (unpaired) electrons. The lowest BCUT2D eigenvalue weighted by atomic mass is 10.1. The fourth-order valence-corrected chi connectivity index (χ4v) is 4.70. The molecule has 3 rings (SSSR count). The van der Waals surface area contributed by atoms with E-state index in [-0.39, 0.29) is 19.0 Å². The minimum atomic E-state index is -3.53. The Hall–Kier alpha value is -2.38. The first-order valence-corrected chi connectivity index (χ1v) is 10.9. The molecule has 28 heavy (non-hydrogen) atoms. The number of rotatable bonds is 5. The Morgan fingerprint density at radius 2 is 1.64 bits per heavy atom. The zero-order valence-corrected chi connectivity index (χ0v) is 17.3. The summed E-state index contributed by atoms with van der Waals surface area (Å²) in [5.41, 5.74) is 2.52. The zero-order valence-electron chi connectivity index (χ0n) is 16.5. The number of amides is 1. The topological polar surface area (TPSA) is 66.9 Å². The average molecular weight is 403 g/mol. The first-order chi connectivity index (χ1) is 13.3. The Balaban J connectivity index is 1.67. The van der Waals surface area contributed by atoms with E-state index in [4.69, 9.17) is 4.74 Å². The second-order valence-electron chi connectivity index (χ2n) is 6.92. The SMILES string of the molecule is CCOc1ccc(C(=O)N2CCN(S(=O)(=O)c3ccc(C)cc3)CC2)cc1C. The van der Waals surface area contributed by atoms with Crippen molar-refractivity contribution in [3.05, 3.63) is 59.2 Å². The highest BCUT2D eigenvalue weighted by Crippen LogP contribution is 2.22. The molecule has 0 aliphatic carbocycles. The van der Waals surface area contributed by atoms with Gasteiger partial charge in [-0.1, -0.05) is 17.7 Å². The molecule has 1 aliphatic rings. The predicted octanol–water partition coefficient (Wildman–Crippen LogP) is 2.85. The minimum Gasteiger partial charge on any atom is -0.494 e. The lowest BCUT2D eigenvalue weighted by molar-refractivity contribution is 0.0697. The van der Waals surface area contributed by atoms with Crippen molar-refractivity contribution < 1.29 is 17.9 Å². The fourth-order valence-electron chi connectivity index (χ4n) is 3.27. The largest absolute Gasteiger partial charge is 0.494 e. The van der Waals surface area contributed by atoms with E-state index in [1.165, 1.54) is 4.31 Å². The van der Waals surface area contributed by atoms with Crippen LogP contribution in [0.15, 0.2) is 47.4 Å². The molecular weight excluding hydrogens is 376 g/mol. The summed E-state index contributed by atoms with van der Waals surface area (Å²) < 4.78 is 32.6. The van der Waals surface area contributed by atoms with Crippen LogP contribution in [0, 0.1) is 13.8 Å². The van der Waals surface area contributed by atoms with Crippen molar-refractivity contribution in [1.82, 2.24) is 9.21 Å². The van der Waals surface area contributed by atoms with Gasteiger partial charge in [-0.05, 0) is 56.7 Å². The Morgan fingerprint density at radius 1 is 1.00 bits per heavy atom. The van der Waals surface area contributed by atoms with Gasteiger partial charge in [-0.2, -0.15) is 4.31 Å². The van der Waals surface area contributed by atoms with Crippen LogP contribution in [-0.2, 0) is 10.0 Å². The van der Waals surface area contributed by atoms with Crippen LogP contribution in [0.3, 0.4) is 0 Å². The number of nitrogens with zero attached hydrogens (tertiary/aromatic N) is 2. The molecule has 1 heterocycles. The van der Waals surface area contributed by atoms with Crippen LogP contribution in [0.5, 0.6) is 5.75 Å². The smallest absolute Gasteiger partial charge is 0.253 e. The second kappa shape index (κ2) is 8.32. The van der Waals surface area contributed by atoms with Gasteiger partial charge in [0.1, 0.15) is 5.75 Å². The number of piperazine rings is 1. The minimum absolute atomic E-state index is 0.0847. The summed E-state index contributed by atoms with van der Waals surface area (Å²) in [6, 6.07) is 12.2. The van der Waals surface area contributed by atoms with Crippen molar-refractivity contribution >= 4 is 15.9 Å². The van der Waals surface area contributed by atoms with E-state index < -0.39 is 10.0 Å². The molecule has 7 heteroatoms. The normalized spacial score (nSPS) is 15.5. The summed E-state index contributed by atoms with van der Waals surface area (Å²) >= 11 is 0. The molecule has 0 N–H and O–H groups in total. The Bertz CT molecular complexity index is 947. The molecule has 2 aromatic carbocycles. The molecule has 0 unspecified atom stereocenters. The van der Waals surface area contributed by atoms with Crippen LogP contribution in [0.4, 0.5) is 0 Å². The van der Waals surface area contributed by atoms with E-state index in [0.29, 0.717) is 30.2 Å². The van der Waals surface area contributed by atoms with Crippen LogP contribution in [-0.4, -0.2) is 56.3 Å². The third-order valence-corrected chi connectivity index (χ3v) is 6.82. The first kappa shape index (κ1) is 20.4. The van der Waals surface area contributed by atoms with Gasteiger partial charge in [-0.3, -0.25) is 4.79 Å². The molecule has 1 fully saturated rings. The van der Waals surface area contributed by atoms with Crippen molar-refractivity contribution in [3.8, 4) is 5.75 Å². The van der Waals surface area contributed by atoms with Gasteiger partial charge in [0.25, 0.3) is 5.91 Å². The van der Waals surface area contributed by atoms with Gasteiger partial charge < -0.3 is 9.64 Å². The predicted molar refractivity (Wildman–Crippen MR) is 108 cm³/mol. The molecule has 1 saturated heterocycles. The highest BCUT2D eigenvalue weighted by molar-refractivity contribution is 7.89. The Morgan fingerprint density at radius 3 is 2.21 bits per heavy atom. The monoisotopic (exact) mass is 402 g/mol. The first-order valence-electron chi connectivity index (χ1n) is 9.42. The number of ether oxygens (including phenoxy) is 1. The number of hydrogen-bond donors (Lipinski definition) is 0. The van der Waals surface area contributed by atoms with E-state index in [2.05, 4.69) is 0 Å². The van der Waals surface area contributed by atoms with E-state index in [1.807, 2.05) is 32.9 Å². The lowest BCUT2D eigenvalue weighted by Gasteiger charge is -2.34. The molecular formula is C21H26N2O4S. The van der Waals surface area contributed by atoms with Gasteiger partial charge in [-0.15, -0.1) is 0 Å². The van der Waals surface area contributed by atoms with Gasteiger partial charge in [0.15, 0.2) is 0 Å². The third kappa shape index (κ3) is 4.20. The van der Waals surface area contributed by atoms with Crippen LogP contribution in [0.2, 0.25) is 0 Å². The molecule has 0 spiro atoms. The number of benzene rings is 2. The number of hydrogen-bond acceptors (Lipinski definition) is 4.